The summed E-state index contributed by atoms with van der Waals surface area (Å²) >= 11 is 0. The molecular weight excluding hydrogens is 176 g/mol. The van der Waals surface area contributed by atoms with E-state index in [0.717, 1.165) is 19.3 Å². The Hall–Kier alpha value is -0.670. The van der Waals surface area contributed by atoms with Gasteiger partial charge in [0.15, 0.2) is 0 Å². The molecule has 0 aromatic rings. The Labute approximate surface area is 76.7 Å². The number of rotatable bonds is 2. The second kappa shape index (κ2) is 3.60. The monoisotopic (exact) mass is 191 g/mol. The molecule has 4 heteroatoms. The van der Waals surface area contributed by atoms with E-state index >= 15 is 0 Å². The Kier molecular flexibility index (Phi) is 2.88. The molecule has 1 rings (SSSR count). The number of nitrogens with one attached hydrogen (secondary N) is 1. The van der Waals surface area contributed by atoms with Crippen molar-refractivity contribution in [3.8, 4) is 0 Å². The first-order chi connectivity index (χ1) is 5.91. The molecule has 0 radical (unpaired) electrons. The fraction of sp³-hybridized carbons (Fsp3) is 0.889. The van der Waals surface area contributed by atoms with Gasteiger partial charge in [-0.15, -0.1) is 0 Å². The fourth-order valence-electron chi connectivity index (χ4n) is 1.65. The van der Waals surface area contributed by atoms with E-state index in [-0.39, 0.29) is 6.04 Å². The Morgan fingerprint density at radius 3 is 2.46 bits per heavy atom. The normalized spacial score (nSPS) is 28.9. The van der Waals surface area contributed by atoms with Crippen molar-refractivity contribution in [3.63, 3.8) is 0 Å². The van der Waals surface area contributed by atoms with Crippen LogP contribution in [0.4, 0.5) is 8.78 Å². The molecule has 76 valence electrons. The van der Waals surface area contributed by atoms with Crippen LogP contribution in [0.5, 0.6) is 0 Å². The van der Waals surface area contributed by atoms with E-state index in [4.69, 9.17) is 0 Å². The molecule has 0 aromatic heterocycles. The van der Waals surface area contributed by atoms with Gasteiger partial charge in [-0.05, 0) is 18.8 Å². The molecule has 0 spiro atoms. The molecule has 0 heterocycles. The van der Waals surface area contributed by atoms with Gasteiger partial charge in [-0.25, -0.2) is 0 Å². The van der Waals surface area contributed by atoms with Crippen molar-refractivity contribution in [1.82, 2.24) is 5.32 Å². The van der Waals surface area contributed by atoms with Gasteiger partial charge in [0, 0.05) is 13.0 Å². The van der Waals surface area contributed by atoms with Crippen LogP contribution in [-0.2, 0) is 4.79 Å². The minimum Gasteiger partial charge on any atom is -0.348 e. The van der Waals surface area contributed by atoms with Gasteiger partial charge in [0.25, 0.3) is 5.91 Å². The summed E-state index contributed by atoms with van der Waals surface area (Å²) < 4.78 is 25.0. The van der Waals surface area contributed by atoms with Crippen molar-refractivity contribution in [2.75, 3.05) is 0 Å². The van der Waals surface area contributed by atoms with Crippen LogP contribution < -0.4 is 5.32 Å². The zero-order chi connectivity index (χ0) is 10.1. The van der Waals surface area contributed by atoms with Gasteiger partial charge >= 0.3 is 5.92 Å². The lowest BCUT2D eigenvalue weighted by Crippen LogP contribution is -2.44. The van der Waals surface area contributed by atoms with E-state index in [9.17, 15) is 13.6 Å². The average molecular weight is 191 g/mol. The molecule has 1 aliphatic rings. The largest absolute Gasteiger partial charge is 0.348 e. The lowest BCUT2D eigenvalue weighted by atomic mass is 10.1. The summed E-state index contributed by atoms with van der Waals surface area (Å²) in [6.45, 7) is 2.60. The highest BCUT2D eigenvalue weighted by Crippen LogP contribution is 2.25. The molecule has 2 unspecified atom stereocenters. The maximum absolute atomic E-state index is 12.5. The number of carbonyl (C=O) groups excluding carboxylic acids is 1. The van der Waals surface area contributed by atoms with Crippen LogP contribution in [0.3, 0.4) is 0 Å². The van der Waals surface area contributed by atoms with Gasteiger partial charge in [-0.2, -0.15) is 8.78 Å². The number of amides is 1. The fourth-order valence-corrected chi connectivity index (χ4v) is 1.65. The Morgan fingerprint density at radius 1 is 1.46 bits per heavy atom. The Bertz CT molecular complexity index is 200. The third-order valence-corrected chi connectivity index (χ3v) is 2.58. The minimum atomic E-state index is -3.25. The summed E-state index contributed by atoms with van der Waals surface area (Å²) in [4.78, 5) is 10.9. The first-order valence-corrected chi connectivity index (χ1v) is 4.60. The summed E-state index contributed by atoms with van der Waals surface area (Å²) in [5, 5.41) is 2.38. The maximum Gasteiger partial charge on any atom is 0.321 e. The molecule has 1 saturated carbocycles. The van der Waals surface area contributed by atoms with Crippen LogP contribution in [0.25, 0.3) is 0 Å². The highest BCUT2D eigenvalue weighted by Gasteiger charge is 2.35. The quantitative estimate of drug-likeness (QED) is 0.710. The molecular formula is C9H15F2NO. The van der Waals surface area contributed by atoms with Crippen LogP contribution in [0.15, 0.2) is 0 Å². The molecule has 2 atom stereocenters. The van der Waals surface area contributed by atoms with Crippen molar-refractivity contribution in [2.24, 2.45) is 5.92 Å². The lowest BCUT2D eigenvalue weighted by molar-refractivity contribution is -0.144. The molecule has 0 aromatic carbocycles. The number of alkyl halides is 2. The van der Waals surface area contributed by atoms with Gasteiger partial charge in [0.05, 0.1) is 0 Å². The lowest BCUT2D eigenvalue weighted by Gasteiger charge is -2.19. The third-order valence-electron chi connectivity index (χ3n) is 2.58. The van der Waals surface area contributed by atoms with E-state index in [1.807, 2.05) is 6.92 Å². The van der Waals surface area contributed by atoms with Crippen molar-refractivity contribution in [2.45, 2.75) is 45.1 Å². The van der Waals surface area contributed by atoms with Crippen molar-refractivity contribution < 1.29 is 13.6 Å². The van der Waals surface area contributed by atoms with Crippen molar-refractivity contribution >= 4 is 5.91 Å². The first-order valence-electron chi connectivity index (χ1n) is 4.60. The SMILES string of the molecule is CC1CCCC1NC(=O)C(C)(F)F. The van der Waals surface area contributed by atoms with Crippen LogP contribution in [0, 0.1) is 5.92 Å². The summed E-state index contributed by atoms with van der Waals surface area (Å²) in [6, 6.07) is -0.0571. The maximum atomic E-state index is 12.5. The van der Waals surface area contributed by atoms with E-state index in [1.54, 1.807) is 0 Å². The molecule has 2 nitrogen and oxygen atoms in total. The van der Waals surface area contributed by atoms with E-state index in [1.165, 1.54) is 0 Å². The number of carbonyl (C=O) groups is 1. The molecule has 1 fully saturated rings. The van der Waals surface area contributed by atoms with Gasteiger partial charge in [0.1, 0.15) is 0 Å². The zero-order valence-corrected chi connectivity index (χ0v) is 7.94. The number of hydrogen-bond donors (Lipinski definition) is 1. The van der Waals surface area contributed by atoms with Gasteiger partial charge in [-0.1, -0.05) is 13.3 Å². The van der Waals surface area contributed by atoms with E-state index in [0.29, 0.717) is 12.8 Å². The predicted molar refractivity (Wildman–Crippen MR) is 45.6 cm³/mol. The van der Waals surface area contributed by atoms with Gasteiger partial charge in [0.2, 0.25) is 0 Å². The Morgan fingerprint density at radius 2 is 2.08 bits per heavy atom. The standard InChI is InChI=1S/C9H15F2NO/c1-6-4-3-5-7(6)12-8(13)9(2,10)11/h6-7H,3-5H2,1-2H3,(H,12,13). The summed E-state index contributed by atoms with van der Waals surface area (Å²) in [6.07, 6.45) is 2.85. The average Bonchev–Trinajstić information content (AvgIpc) is 2.34. The van der Waals surface area contributed by atoms with E-state index < -0.39 is 11.8 Å². The number of hydrogen-bond acceptors (Lipinski definition) is 1. The van der Waals surface area contributed by atoms with E-state index in [2.05, 4.69) is 5.32 Å². The third kappa shape index (κ3) is 2.64. The second-order valence-electron chi connectivity index (χ2n) is 3.88. The predicted octanol–water partition coefficient (Wildman–Crippen LogP) is 1.95. The smallest absolute Gasteiger partial charge is 0.321 e. The topological polar surface area (TPSA) is 29.1 Å². The molecule has 0 aliphatic heterocycles. The molecule has 1 N–H and O–H groups in total. The van der Waals surface area contributed by atoms with Crippen LogP contribution in [0.1, 0.15) is 33.1 Å². The minimum absolute atomic E-state index is 0.0571. The van der Waals surface area contributed by atoms with Gasteiger partial charge < -0.3 is 5.32 Å². The number of halogens is 2. The summed E-state index contributed by atoms with van der Waals surface area (Å²) in [7, 11) is 0. The van der Waals surface area contributed by atoms with Crippen molar-refractivity contribution in [1.29, 1.82) is 0 Å². The molecule has 1 amide bonds. The van der Waals surface area contributed by atoms with Gasteiger partial charge in [-0.3, -0.25) is 4.79 Å². The highest BCUT2D eigenvalue weighted by molar-refractivity contribution is 5.83. The summed E-state index contributed by atoms with van der Waals surface area (Å²) in [5.74, 6) is -4.07. The van der Waals surface area contributed by atoms with Crippen LogP contribution in [0.2, 0.25) is 0 Å². The van der Waals surface area contributed by atoms with Crippen LogP contribution in [-0.4, -0.2) is 17.9 Å². The molecule has 13 heavy (non-hydrogen) atoms. The second-order valence-corrected chi connectivity index (χ2v) is 3.88. The van der Waals surface area contributed by atoms with Crippen molar-refractivity contribution in [3.05, 3.63) is 0 Å². The first kappa shape index (κ1) is 10.4. The molecule has 0 bridgehead atoms. The highest BCUT2D eigenvalue weighted by atomic mass is 19.3. The Balaban J connectivity index is 2.45. The summed E-state index contributed by atoms with van der Waals surface area (Å²) in [5.41, 5.74) is 0. The molecule has 1 aliphatic carbocycles. The molecule has 0 saturated heterocycles. The van der Waals surface area contributed by atoms with Crippen LogP contribution >= 0.6 is 0 Å². The zero-order valence-electron chi connectivity index (χ0n) is 7.94.